The van der Waals surface area contributed by atoms with Gasteiger partial charge < -0.3 is 15.5 Å². The maximum Gasteiger partial charge on any atom is 0.225 e. The normalized spacial score (nSPS) is 17.8. The number of nitrogen functional groups attached to an aromatic ring is 1. The number of hydrogen-bond donors (Lipinski definition) is 1. The summed E-state index contributed by atoms with van der Waals surface area (Å²) in [4.78, 5) is 13.4. The van der Waals surface area contributed by atoms with Crippen molar-refractivity contribution < 1.29 is 0 Å². The number of aryl methyl sites for hydroxylation is 2. The lowest BCUT2D eigenvalue weighted by atomic mass is 10.3. The molecule has 0 radical (unpaired) electrons. The molecule has 88 valence electrons. The molecule has 0 spiro atoms. The van der Waals surface area contributed by atoms with Crippen molar-refractivity contribution >= 4 is 11.6 Å². The Labute approximate surface area is 96.3 Å². The van der Waals surface area contributed by atoms with Crippen LogP contribution in [0.4, 0.5) is 11.6 Å². The van der Waals surface area contributed by atoms with Gasteiger partial charge in [0.05, 0.1) is 17.1 Å². The van der Waals surface area contributed by atoms with Gasteiger partial charge in [-0.1, -0.05) is 0 Å². The Morgan fingerprint density at radius 1 is 1.00 bits per heavy atom. The van der Waals surface area contributed by atoms with Gasteiger partial charge in [-0.05, 0) is 20.9 Å². The topological polar surface area (TPSA) is 58.3 Å². The van der Waals surface area contributed by atoms with Gasteiger partial charge in [-0.3, -0.25) is 0 Å². The maximum atomic E-state index is 5.85. The van der Waals surface area contributed by atoms with Gasteiger partial charge in [-0.25, -0.2) is 9.97 Å². The highest BCUT2D eigenvalue weighted by atomic mass is 15.3. The minimum Gasteiger partial charge on any atom is -0.396 e. The van der Waals surface area contributed by atoms with Crippen LogP contribution in [0.25, 0.3) is 0 Å². The van der Waals surface area contributed by atoms with Crippen LogP contribution < -0.4 is 10.6 Å². The summed E-state index contributed by atoms with van der Waals surface area (Å²) < 4.78 is 0. The second-order valence-corrected chi connectivity index (χ2v) is 4.40. The van der Waals surface area contributed by atoms with E-state index in [4.69, 9.17) is 5.73 Å². The van der Waals surface area contributed by atoms with Gasteiger partial charge in [0.2, 0.25) is 5.95 Å². The first-order valence-electron chi connectivity index (χ1n) is 5.62. The molecule has 5 nitrogen and oxygen atoms in total. The number of likely N-dealkylation sites (N-methyl/N-ethyl adjacent to an activating group) is 1. The average Bonchev–Trinajstić information content (AvgIpc) is 2.26. The molecule has 1 aliphatic rings. The first-order valence-corrected chi connectivity index (χ1v) is 5.62. The lowest BCUT2D eigenvalue weighted by molar-refractivity contribution is 0.311. The largest absolute Gasteiger partial charge is 0.396 e. The molecule has 0 amide bonds. The number of hydrogen-bond acceptors (Lipinski definition) is 5. The van der Waals surface area contributed by atoms with Crippen LogP contribution in [0, 0.1) is 13.8 Å². The summed E-state index contributed by atoms with van der Waals surface area (Å²) >= 11 is 0. The Bertz CT molecular complexity index is 359. The lowest BCUT2D eigenvalue weighted by Gasteiger charge is -2.32. The van der Waals surface area contributed by atoms with Crippen molar-refractivity contribution in [2.45, 2.75) is 13.8 Å². The van der Waals surface area contributed by atoms with Gasteiger partial charge in [-0.2, -0.15) is 0 Å². The number of aromatic nitrogens is 2. The third-order valence-corrected chi connectivity index (χ3v) is 3.10. The van der Waals surface area contributed by atoms with Crippen molar-refractivity contribution in [1.29, 1.82) is 0 Å². The summed E-state index contributed by atoms with van der Waals surface area (Å²) in [5.74, 6) is 0.817. The fourth-order valence-electron chi connectivity index (χ4n) is 1.86. The summed E-state index contributed by atoms with van der Waals surface area (Å²) in [5.41, 5.74) is 8.31. The van der Waals surface area contributed by atoms with E-state index in [1.54, 1.807) is 0 Å². The Morgan fingerprint density at radius 3 is 2.00 bits per heavy atom. The maximum absolute atomic E-state index is 5.85. The molecular formula is C11H19N5. The van der Waals surface area contributed by atoms with E-state index in [0.29, 0.717) is 5.69 Å². The quantitative estimate of drug-likeness (QED) is 0.745. The summed E-state index contributed by atoms with van der Waals surface area (Å²) in [6, 6.07) is 0. The third-order valence-electron chi connectivity index (χ3n) is 3.10. The van der Waals surface area contributed by atoms with E-state index in [0.717, 1.165) is 43.5 Å². The standard InChI is InChI=1S/C11H19N5/c1-8-10(12)9(2)14-11(13-8)16-6-4-15(3)5-7-16/h4-7,12H2,1-3H3. The van der Waals surface area contributed by atoms with Crippen LogP contribution >= 0.6 is 0 Å². The van der Waals surface area contributed by atoms with Crippen LogP contribution in [-0.2, 0) is 0 Å². The number of rotatable bonds is 1. The number of piperazine rings is 1. The molecule has 1 aliphatic heterocycles. The van der Waals surface area contributed by atoms with Gasteiger partial charge in [0.25, 0.3) is 0 Å². The zero-order valence-corrected chi connectivity index (χ0v) is 10.2. The molecule has 0 atom stereocenters. The summed E-state index contributed by atoms with van der Waals surface area (Å²) in [6.07, 6.45) is 0. The summed E-state index contributed by atoms with van der Waals surface area (Å²) in [7, 11) is 2.14. The first kappa shape index (κ1) is 11.1. The molecule has 0 unspecified atom stereocenters. The average molecular weight is 221 g/mol. The van der Waals surface area contributed by atoms with E-state index in [-0.39, 0.29) is 0 Å². The van der Waals surface area contributed by atoms with E-state index in [1.807, 2.05) is 13.8 Å². The molecule has 16 heavy (non-hydrogen) atoms. The molecule has 1 aromatic heterocycles. The van der Waals surface area contributed by atoms with Gasteiger partial charge in [0.15, 0.2) is 0 Å². The fraction of sp³-hybridized carbons (Fsp3) is 0.636. The predicted octanol–water partition coefficient (Wildman–Crippen LogP) is 0.427. The van der Waals surface area contributed by atoms with E-state index in [2.05, 4.69) is 26.8 Å². The van der Waals surface area contributed by atoms with Gasteiger partial charge in [0, 0.05) is 26.2 Å². The van der Waals surface area contributed by atoms with E-state index >= 15 is 0 Å². The zero-order valence-electron chi connectivity index (χ0n) is 10.2. The Hall–Kier alpha value is -1.36. The minimum atomic E-state index is 0.706. The number of nitrogens with two attached hydrogens (primary N) is 1. The van der Waals surface area contributed by atoms with E-state index in [1.165, 1.54) is 0 Å². The van der Waals surface area contributed by atoms with Gasteiger partial charge >= 0.3 is 0 Å². The van der Waals surface area contributed by atoms with Crippen LogP contribution in [0.15, 0.2) is 0 Å². The molecule has 2 rings (SSSR count). The van der Waals surface area contributed by atoms with Crippen molar-refractivity contribution in [3.63, 3.8) is 0 Å². The van der Waals surface area contributed by atoms with Crippen LogP contribution in [-0.4, -0.2) is 48.1 Å². The highest BCUT2D eigenvalue weighted by molar-refractivity contribution is 5.50. The molecule has 1 saturated heterocycles. The van der Waals surface area contributed by atoms with Crippen molar-refractivity contribution in [2.75, 3.05) is 43.9 Å². The van der Waals surface area contributed by atoms with Crippen LogP contribution in [0.1, 0.15) is 11.4 Å². The Kier molecular flexibility index (Phi) is 2.96. The molecule has 5 heteroatoms. The number of anilines is 2. The molecule has 1 fully saturated rings. The third kappa shape index (κ3) is 2.09. The Balaban J connectivity index is 2.21. The second kappa shape index (κ2) is 4.25. The SMILES string of the molecule is Cc1nc(N2CCN(C)CC2)nc(C)c1N. The molecule has 2 N–H and O–H groups in total. The molecule has 1 aromatic rings. The highest BCUT2D eigenvalue weighted by Crippen LogP contribution is 2.17. The molecule has 0 saturated carbocycles. The van der Waals surface area contributed by atoms with Crippen LogP contribution in [0.3, 0.4) is 0 Å². The van der Waals surface area contributed by atoms with Crippen LogP contribution in [0.5, 0.6) is 0 Å². The molecular weight excluding hydrogens is 202 g/mol. The zero-order chi connectivity index (χ0) is 11.7. The second-order valence-electron chi connectivity index (χ2n) is 4.40. The van der Waals surface area contributed by atoms with Gasteiger partial charge in [-0.15, -0.1) is 0 Å². The molecule has 0 bridgehead atoms. The first-order chi connectivity index (χ1) is 7.58. The van der Waals surface area contributed by atoms with E-state index < -0.39 is 0 Å². The monoisotopic (exact) mass is 221 g/mol. The van der Waals surface area contributed by atoms with Crippen LogP contribution in [0.2, 0.25) is 0 Å². The number of nitrogens with zero attached hydrogens (tertiary/aromatic N) is 4. The Morgan fingerprint density at radius 2 is 1.50 bits per heavy atom. The summed E-state index contributed by atoms with van der Waals surface area (Å²) in [6.45, 7) is 7.96. The fourth-order valence-corrected chi connectivity index (χ4v) is 1.86. The lowest BCUT2D eigenvalue weighted by Crippen LogP contribution is -2.45. The molecule has 2 heterocycles. The predicted molar refractivity (Wildman–Crippen MR) is 65.6 cm³/mol. The highest BCUT2D eigenvalue weighted by Gasteiger charge is 2.17. The van der Waals surface area contributed by atoms with Crippen molar-refractivity contribution in [3.8, 4) is 0 Å². The minimum absolute atomic E-state index is 0.706. The van der Waals surface area contributed by atoms with Crippen molar-refractivity contribution in [1.82, 2.24) is 14.9 Å². The van der Waals surface area contributed by atoms with Crippen molar-refractivity contribution in [3.05, 3.63) is 11.4 Å². The van der Waals surface area contributed by atoms with Crippen molar-refractivity contribution in [2.24, 2.45) is 0 Å². The smallest absolute Gasteiger partial charge is 0.225 e. The van der Waals surface area contributed by atoms with Gasteiger partial charge in [0.1, 0.15) is 0 Å². The molecule has 0 aromatic carbocycles. The summed E-state index contributed by atoms with van der Waals surface area (Å²) in [5, 5.41) is 0. The van der Waals surface area contributed by atoms with E-state index in [9.17, 15) is 0 Å². The molecule has 0 aliphatic carbocycles.